The highest BCUT2D eigenvalue weighted by atomic mass is 16.3. The number of hydrogen-bond donors (Lipinski definition) is 3. The zero-order valence-electron chi connectivity index (χ0n) is 11.9. The van der Waals surface area contributed by atoms with Crippen LogP contribution in [-0.2, 0) is 11.2 Å². The lowest BCUT2D eigenvalue weighted by Crippen LogP contribution is -2.46. The highest BCUT2D eigenvalue weighted by molar-refractivity contribution is 5.87. The molecule has 2 aromatic rings. The van der Waals surface area contributed by atoms with Gasteiger partial charge in [0.15, 0.2) is 0 Å². The number of fused-ring (bicyclic) bond motifs is 1. The molecule has 0 saturated carbocycles. The van der Waals surface area contributed by atoms with Crippen LogP contribution in [0.5, 0.6) is 0 Å². The molecule has 2 rings (SSSR count). The van der Waals surface area contributed by atoms with Gasteiger partial charge in [-0.25, -0.2) is 4.98 Å². The Hall–Kier alpha value is -1.88. The van der Waals surface area contributed by atoms with Gasteiger partial charge in [-0.2, -0.15) is 0 Å². The normalized spacial score (nSPS) is 14.2. The molecule has 5 nitrogen and oxygen atoms in total. The predicted octanol–water partition coefficient (Wildman–Crippen LogP) is 1.77. The van der Waals surface area contributed by atoms with Crippen molar-refractivity contribution in [1.29, 1.82) is 0 Å². The van der Waals surface area contributed by atoms with Gasteiger partial charge in [0.25, 0.3) is 0 Å². The third kappa shape index (κ3) is 3.17. The van der Waals surface area contributed by atoms with Crippen molar-refractivity contribution in [2.75, 3.05) is 6.61 Å². The Morgan fingerprint density at radius 1 is 1.55 bits per heavy atom. The lowest BCUT2D eigenvalue weighted by Gasteiger charge is -2.29. The second-order valence-corrected chi connectivity index (χ2v) is 5.33. The monoisotopic (exact) mass is 275 g/mol. The smallest absolute Gasteiger partial charge is 0.224 e. The number of nitrogens with one attached hydrogen (secondary N) is 2. The molecule has 0 bridgehead atoms. The predicted molar refractivity (Wildman–Crippen MR) is 78.3 cm³/mol. The summed E-state index contributed by atoms with van der Waals surface area (Å²) >= 11 is 0. The van der Waals surface area contributed by atoms with E-state index in [0.717, 1.165) is 23.0 Å². The number of carbonyl (C=O) groups excluding carboxylic acids is 1. The third-order valence-electron chi connectivity index (χ3n) is 3.77. The summed E-state index contributed by atoms with van der Waals surface area (Å²) in [6.07, 6.45) is 5.21. The fourth-order valence-electron chi connectivity index (χ4n) is 2.29. The molecular weight excluding hydrogens is 254 g/mol. The SMILES string of the molecule is CCC(C)(CCO)NC(=O)Cc1c[nH]c2ncccc12. The molecule has 5 heteroatoms. The molecule has 1 unspecified atom stereocenters. The minimum absolute atomic E-state index is 0.0347. The van der Waals surface area contributed by atoms with Crippen molar-refractivity contribution in [2.45, 2.75) is 38.6 Å². The summed E-state index contributed by atoms with van der Waals surface area (Å²) in [6, 6.07) is 3.81. The van der Waals surface area contributed by atoms with E-state index < -0.39 is 0 Å². The Morgan fingerprint density at radius 2 is 2.35 bits per heavy atom. The van der Waals surface area contributed by atoms with Crippen molar-refractivity contribution in [3.05, 3.63) is 30.1 Å². The number of aliphatic hydroxyl groups is 1. The average Bonchev–Trinajstić information content (AvgIpc) is 2.82. The van der Waals surface area contributed by atoms with E-state index in [1.807, 2.05) is 32.2 Å². The molecular formula is C15H21N3O2. The van der Waals surface area contributed by atoms with Crippen LogP contribution >= 0.6 is 0 Å². The van der Waals surface area contributed by atoms with Crippen molar-refractivity contribution in [3.63, 3.8) is 0 Å². The van der Waals surface area contributed by atoms with E-state index >= 15 is 0 Å². The molecule has 2 aromatic heterocycles. The summed E-state index contributed by atoms with van der Waals surface area (Å²) < 4.78 is 0. The maximum atomic E-state index is 12.2. The number of pyridine rings is 1. The number of rotatable bonds is 6. The van der Waals surface area contributed by atoms with Crippen LogP contribution in [0.1, 0.15) is 32.3 Å². The average molecular weight is 275 g/mol. The number of aliphatic hydroxyl groups excluding tert-OH is 1. The Morgan fingerprint density at radius 3 is 3.05 bits per heavy atom. The van der Waals surface area contributed by atoms with Gasteiger partial charge in [-0.15, -0.1) is 0 Å². The topological polar surface area (TPSA) is 78.0 Å². The number of aromatic amines is 1. The van der Waals surface area contributed by atoms with E-state index in [0.29, 0.717) is 12.8 Å². The van der Waals surface area contributed by atoms with E-state index in [1.165, 1.54) is 0 Å². The summed E-state index contributed by atoms with van der Waals surface area (Å²) in [6.45, 7) is 4.03. The highest BCUT2D eigenvalue weighted by Gasteiger charge is 2.23. The van der Waals surface area contributed by atoms with Gasteiger partial charge >= 0.3 is 0 Å². The molecule has 0 radical (unpaired) electrons. The van der Waals surface area contributed by atoms with E-state index in [9.17, 15) is 4.79 Å². The first-order chi connectivity index (χ1) is 9.58. The Balaban J connectivity index is 2.08. The third-order valence-corrected chi connectivity index (χ3v) is 3.77. The molecule has 3 N–H and O–H groups in total. The van der Waals surface area contributed by atoms with Gasteiger partial charge in [-0.3, -0.25) is 4.79 Å². The fraction of sp³-hybridized carbons (Fsp3) is 0.467. The molecule has 0 aliphatic heterocycles. The van der Waals surface area contributed by atoms with Gasteiger partial charge in [0.1, 0.15) is 5.65 Å². The molecule has 108 valence electrons. The summed E-state index contributed by atoms with van der Waals surface area (Å²) in [5.41, 5.74) is 1.38. The molecule has 2 heterocycles. The zero-order chi connectivity index (χ0) is 14.6. The quantitative estimate of drug-likeness (QED) is 0.752. The maximum absolute atomic E-state index is 12.2. The fourth-order valence-corrected chi connectivity index (χ4v) is 2.29. The van der Waals surface area contributed by atoms with Gasteiger partial charge < -0.3 is 15.4 Å². The lowest BCUT2D eigenvalue weighted by atomic mass is 9.94. The number of H-pyrrole nitrogens is 1. The molecule has 1 atom stereocenters. The minimum atomic E-state index is -0.351. The van der Waals surface area contributed by atoms with Crippen molar-refractivity contribution in [2.24, 2.45) is 0 Å². The van der Waals surface area contributed by atoms with Crippen LogP contribution in [0.25, 0.3) is 11.0 Å². The van der Waals surface area contributed by atoms with Crippen LogP contribution in [0.2, 0.25) is 0 Å². The maximum Gasteiger partial charge on any atom is 0.224 e. The summed E-state index contributed by atoms with van der Waals surface area (Å²) in [7, 11) is 0. The van der Waals surface area contributed by atoms with Crippen LogP contribution < -0.4 is 5.32 Å². The minimum Gasteiger partial charge on any atom is -0.396 e. The molecule has 0 saturated heterocycles. The molecule has 0 spiro atoms. The number of nitrogens with zero attached hydrogens (tertiary/aromatic N) is 1. The van der Waals surface area contributed by atoms with Gasteiger partial charge in [0.2, 0.25) is 5.91 Å². The van der Waals surface area contributed by atoms with Crippen molar-refractivity contribution < 1.29 is 9.90 Å². The standard InChI is InChI=1S/C15H21N3O2/c1-3-15(2,6-8-19)18-13(20)9-11-10-17-14-12(11)5-4-7-16-14/h4-5,7,10,19H,3,6,8-9H2,1-2H3,(H,16,17)(H,18,20). The first kappa shape index (κ1) is 14.5. The second kappa shape index (κ2) is 6.05. The Kier molecular flexibility index (Phi) is 4.39. The Labute approximate surface area is 118 Å². The lowest BCUT2D eigenvalue weighted by molar-refractivity contribution is -0.122. The molecule has 0 aliphatic rings. The van der Waals surface area contributed by atoms with E-state index in [-0.39, 0.29) is 18.1 Å². The largest absolute Gasteiger partial charge is 0.396 e. The molecule has 0 fully saturated rings. The zero-order valence-corrected chi connectivity index (χ0v) is 11.9. The highest BCUT2D eigenvalue weighted by Crippen LogP contribution is 2.18. The van der Waals surface area contributed by atoms with E-state index in [2.05, 4.69) is 15.3 Å². The first-order valence-electron chi connectivity index (χ1n) is 6.91. The summed E-state index contributed by atoms with van der Waals surface area (Å²) in [5.74, 6) is -0.0347. The van der Waals surface area contributed by atoms with Crippen molar-refractivity contribution >= 4 is 16.9 Å². The summed E-state index contributed by atoms with van der Waals surface area (Å²) in [5, 5.41) is 13.1. The second-order valence-electron chi connectivity index (χ2n) is 5.33. The number of aromatic nitrogens is 2. The first-order valence-corrected chi connectivity index (χ1v) is 6.91. The van der Waals surface area contributed by atoms with Crippen LogP contribution in [0.15, 0.2) is 24.5 Å². The van der Waals surface area contributed by atoms with Gasteiger partial charge in [-0.05, 0) is 37.5 Å². The van der Waals surface area contributed by atoms with Crippen LogP contribution in [0, 0.1) is 0 Å². The van der Waals surface area contributed by atoms with Crippen molar-refractivity contribution in [3.8, 4) is 0 Å². The van der Waals surface area contributed by atoms with Crippen LogP contribution in [-0.4, -0.2) is 33.1 Å². The molecule has 1 amide bonds. The van der Waals surface area contributed by atoms with Gasteiger partial charge in [0.05, 0.1) is 6.42 Å². The van der Waals surface area contributed by atoms with E-state index in [1.54, 1.807) is 6.20 Å². The molecule has 0 aromatic carbocycles. The van der Waals surface area contributed by atoms with Gasteiger partial charge in [0, 0.05) is 29.9 Å². The number of amides is 1. The number of hydrogen-bond acceptors (Lipinski definition) is 3. The Bertz CT molecular complexity index is 594. The summed E-state index contributed by atoms with van der Waals surface area (Å²) in [4.78, 5) is 19.4. The molecule has 20 heavy (non-hydrogen) atoms. The number of carbonyl (C=O) groups is 1. The van der Waals surface area contributed by atoms with Crippen LogP contribution in [0.4, 0.5) is 0 Å². The van der Waals surface area contributed by atoms with Gasteiger partial charge in [-0.1, -0.05) is 6.92 Å². The van der Waals surface area contributed by atoms with E-state index in [4.69, 9.17) is 5.11 Å². The van der Waals surface area contributed by atoms with Crippen LogP contribution in [0.3, 0.4) is 0 Å². The van der Waals surface area contributed by atoms with Crippen molar-refractivity contribution in [1.82, 2.24) is 15.3 Å². The molecule has 0 aliphatic carbocycles.